The highest BCUT2D eigenvalue weighted by Gasteiger charge is 2.02. The Labute approximate surface area is 482 Å². The minimum atomic E-state index is -0.0908. The van der Waals surface area contributed by atoms with Gasteiger partial charge < -0.3 is 29.2 Å². The molecule has 0 aliphatic carbocycles. The quantitative estimate of drug-likeness (QED) is 0.0261. The number of aliphatic hydroxyl groups excluding tert-OH is 2. The summed E-state index contributed by atoms with van der Waals surface area (Å²) in [6.07, 6.45) is 73.8. The maximum atomic E-state index is 10.9. The van der Waals surface area contributed by atoms with E-state index in [1.807, 2.05) is 0 Å². The number of rotatable bonds is 54. The van der Waals surface area contributed by atoms with Crippen molar-refractivity contribution in [1.82, 2.24) is 0 Å². The van der Waals surface area contributed by atoms with E-state index in [1.165, 1.54) is 234 Å². The summed E-state index contributed by atoms with van der Waals surface area (Å²) in [6, 6.07) is 0. The third-order valence-corrected chi connectivity index (χ3v) is 13.6. The van der Waals surface area contributed by atoms with Crippen molar-refractivity contribution in [2.45, 2.75) is 322 Å². The Hall–Kier alpha value is -3.24. The average molecular weight is 1110 g/mol. The smallest absolute Gasteiger partial charge is 0.305 e. The van der Waals surface area contributed by atoms with E-state index >= 15 is 0 Å². The lowest BCUT2D eigenvalue weighted by atomic mass is 10.1. The number of aliphatic hydroxyl groups is 2. The Bertz CT molecular complexity index is 1210. The standard InChI is InChI=1S/2C17H32O3.2C17H32O2/c2*1-20-17(19)15-13-11-9-7-5-3-2-4-6-8-10-12-14-16-18;2*1-3-4-5-6-7-8-9-10-11-12-13-14-15-16-17(18)19-2/h2*2,4,18H,3,5-16H2,1H3;2*8-9H,3-7,10-16H2,1-2H3/b4-2+;4-2-;9-8+;9-8-. The highest BCUT2D eigenvalue weighted by molar-refractivity contribution is 5.69. The third kappa shape index (κ3) is 84.1. The predicted octanol–water partition coefficient (Wildman–Crippen LogP) is 19.6. The number of esters is 4. The van der Waals surface area contributed by atoms with Crippen LogP contribution in [-0.4, -0.2) is 75.7 Å². The topological polar surface area (TPSA) is 146 Å². The molecule has 10 nitrogen and oxygen atoms in total. The molecule has 0 aromatic carbocycles. The molecule has 0 spiro atoms. The fraction of sp³-hybridized carbons (Fsp3) is 0.824. The highest BCUT2D eigenvalue weighted by Crippen LogP contribution is 2.13. The average Bonchev–Trinajstić information content (AvgIpc) is 3.45. The first-order valence-electron chi connectivity index (χ1n) is 32.3. The fourth-order valence-corrected chi connectivity index (χ4v) is 8.43. The summed E-state index contributed by atoms with van der Waals surface area (Å²) in [6.45, 7) is 5.16. The fourth-order valence-electron chi connectivity index (χ4n) is 8.43. The van der Waals surface area contributed by atoms with Crippen LogP contribution in [0.3, 0.4) is 0 Å². The van der Waals surface area contributed by atoms with E-state index in [2.05, 4.69) is 81.4 Å². The van der Waals surface area contributed by atoms with Gasteiger partial charge in [0.15, 0.2) is 0 Å². The predicted molar refractivity (Wildman–Crippen MR) is 332 cm³/mol. The van der Waals surface area contributed by atoms with E-state index in [4.69, 9.17) is 10.2 Å². The molecule has 0 aromatic rings. The van der Waals surface area contributed by atoms with Gasteiger partial charge in [-0.15, -0.1) is 0 Å². The van der Waals surface area contributed by atoms with Crippen LogP contribution in [-0.2, 0) is 38.1 Å². The van der Waals surface area contributed by atoms with Crippen LogP contribution in [0.25, 0.3) is 0 Å². The summed E-state index contributed by atoms with van der Waals surface area (Å²) in [5.41, 5.74) is 0. The van der Waals surface area contributed by atoms with Crippen LogP contribution in [0.4, 0.5) is 0 Å². The second-order valence-corrected chi connectivity index (χ2v) is 21.0. The monoisotopic (exact) mass is 1100 g/mol. The second kappa shape index (κ2) is 78.0. The molecule has 0 aromatic heterocycles. The zero-order valence-electron chi connectivity index (χ0n) is 52.1. The summed E-state index contributed by atoms with van der Waals surface area (Å²) in [5, 5.41) is 17.3. The van der Waals surface area contributed by atoms with E-state index in [9.17, 15) is 19.2 Å². The van der Waals surface area contributed by atoms with Crippen LogP contribution >= 0.6 is 0 Å². The van der Waals surface area contributed by atoms with Gasteiger partial charge in [-0.2, -0.15) is 0 Å². The van der Waals surface area contributed by atoms with Gasteiger partial charge in [0.25, 0.3) is 0 Å². The summed E-state index contributed by atoms with van der Waals surface area (Å²) < 4.78 is 18.4. The lowest BCUT2D eigenvalue weighted by molar-refractivity contribution is -0.141. The zero-order chi connectivity index (χ0) is 58.2. The number of carbonyl (C=O) groups excluding carboxylic acids is 4. The summed E-state index contributed by atoms with van der Waals surface area (Å²) in [7, 11) is 5.80. The first-order chi connectivity index (χ1) is 38.2. The molecule has 0 saturated heterocycles. The molecule has 0 saturated carbocycles. The van der Waals surface area contributed by atoms with Gasteiger partial charge in [-0.1, -0.05) is 204 Å². The van der Waals surface area contributed by atoms with Crippen molar-refractivity contribution < 1.29 is 48.3 Å². The molecular weight excluding hydrogens is 977 g/mol. The van der Waals surface area contributed by atoms with Crippen molar-refractivity contribution in [1.29, 1.82) is 0 Å². The van der Waals surface area contributed by atoms with Gasteiger partial charge in [-0.25, -0.2) is 0 Å². The Balaban J connectivity index is -0.000000468. The van der Waals surface area contributed by atoms with Gasteiger partial charge in [-0.05, 0) is 141 Å². The van der Waals surface area contributed by atoms with Crippen LogP contribution in [0, 0.1) is 0 Å². The normalized spacial score (nSPS) is 11.1. The molecule has 0 heterocycles. The first kappa shape index (κ1) is 81.2. The number of hydrogen-bond acceptors (Lipinski definition) is 10. The molecule has 10 heteroatoms. The van der Waals surface area contributed by atoms with Crippen molar-refractivity contribution >= 4 is 23.9 Å². The van der Waals surface area contributed by atoms with E-state index in [0.717, 1.165) is 77.0 Å². The number of unbranched alkanes of at least 4 members (excludes halogenated alkanes) is 36. The molecular formula is C68H128O10. The third-order valence-electron chi connectivity index (χ3n) is 13.6. The van der Waals surface area contributed by atoms with Gasteiger partial charge in [0, 0.05) is 38.9 Å². The summed E-state index contributed by atoms with van der Waals surface area (Å²) >= 11 is 0. The van der Waals surface area contributed by atoms with E-state index in [-0.39, 0.29) is 23.9 Å². The largest absolute Gasteiger partial charge is 0.469 e. The maximum Gasteiger partial charge on any atom is 0.305 e. The molecule has 0 bridgehead atoms. The van der Waals surface area contributed by atoms with E-state index in [0.29, 0.717) is 38.9 Å². The van der Waals surface area contributed by atoms with Crippen LogP contribution in [0.5, 0.6) is 0 Å². The van der Waals surface area contributed by atoms with Gasteiger partial charge >= 0.3 is 23.9 Å². The Kier molecular flexibility index (Phi) is 81.2. The van der Waals surface area contributed by atoms with Gasteiger partial charge in [-0.3, -0.25) is 19.2 Å². The molecule has 0 fully saturated rings. The van der Waals surface area contributed by atoms with Crippen molar-refractivity contribution in [2.24, 2.45) is 0 Å². The SMILES string of the molecule is CCCCCC/C=C/CCCCCCCC(=O)OC.CCCCCC/C=C\CCCCCCCC(=O)OC.COC(=O)CCCCCCC/C=C/CCCCCCO.COC(=O)CCCCCCC/C=C\CCCCCCO. The van der Waals surface area contributed by atoms with E-state index < -0.39 is 0 Å². The number of ether oxygens (including phenoxy) is 4. The number of carbonyl (C=O) groups is 4. The van der Waals surface area contributed by atoms with Crippen molar-refractivity contribution in [3.63, 3.8) is 0 Å². The highest BCUT2D eigenvalue weighted by atomic mass is 16.5. The number of allylic oxidation sites excluding steroid dienone is 8. The lowest BCUT2D eigenvalue weighted by Crippen LogP contribution is -1.98. The molecule has 2 N–H and O–H groups in total. The van der Waals surface area contributed by atoms with Crippen molar-refractivity contribution in [2.75, 3.05) is 41.7 Å². The van der Waals surface area contributed by atoms with Gasteiger partial charge in [0.2, 0.25) is 0 Å². The lowest BCUT2D eigenvalue weighted by Gasteiger charge is -2.00. The van der Waals surface area contributed by atoms with Crippen LogP contribution in [0.15, 0.2) is 48.6 Å². The van der Waals surface area contributed by atoms with Crippen molar-refractivity contribution in [3.8, 4) is 0 Å². The molecule has 78 heavy (non-hydrogen) atoms. The van der Waals surface area contributed by atoms with Crippen LogP contribution < -0.4 is 0 Å². The minimum Gasteiger partial charge on any atom is -0.469 e. The zero-order valence-corrected chi connectivity index (χ0v) is 52.1. The van der Waals surface area contributed by atoms with Gasteiger partial charge in [0.05, 0.1) is 28.4 Å². The molecule has 460 valence electrons. The Morgan fingerprint density at radius 2 is 0.397 bits per heavy atom. The molecule has 0 aliphatic heterocycles. The van der Waals surface area contributed by atoms with Crippen LogP contribution in [0.2, 0.25) is 0 Å². The Morgan fingerprint density at radius 1 is 0.244 bits per heavy atom. The molecule has 0 radical (unpaired) electrons. The van der Waals surface area contributed by atoms with Crippen LogP contribution in [0.1, 0.15) is 322 Å². The summed E-state index contributed by atoms with van der Waals surface area (Å²) in [4.78, 5) is 43.5. The molecule has 0 aliphatic rings. The second-order valence-electron chi connectivity index (χ2n) is 21.0. The number of hydrogen-bond donors (Lipinski definition) is 2. The summed E-state index contributed by atoms with van der Waals surface area (Å²) in [5.74, 6) is -0.337. The minimum absolute atomic E-state index is 0.0778. The molecule has 0 unspecified atom stereocenters. The van der Waals surface area contributed by atoms with E-state index in [1.54, 1.807) is 0 Å². The van der Waals surface area contributed by atoms with Gasteiger partial charge in [0.1, 0.15) is 0 Å². The number of methoxy groups -OCH3 is 4. The Morgan fingerprint density at radius 3 is 0.564 bits per heavy atom. The maximum absolute atomic E-state index is 10.9. The molecule has 0 atom stereocenters. The first-order valence-corrected chi connectivity index (χ1v) is 32.3. The molecule has 0 amide bonds. The molecule has 0 rings (SSSR count). The van der Waals surface area contributed by atoms with Crippen molar-refractivity contribution in [3.05, 3.63) is 48.6 Å².